The average molecular weight is 501 g/mol. The fourth-order valence-electron chi connectivity index (χ4n) is 3.20. The van der Waals surface area contributed by atoms with Gasteiger partial charge in [-0.15, -0.1) is 0 Å². The predicted molar refractivity (Wildman–Crippen MR) is 121 cm³/mol. The van der Waals surface area contributed by atoms with Gasteiger partial charge in [-0.3, -0.25) is 0 Å². The summed E-state index contributed by atoms with van der Waals surface area (Å²) in [4.78, 5) is 8.95. The number of rotatable bonds is 4. The van der Waals surface area contributed by atoms with Crippen molar-refractivity contribution in [1.29, 1.82) is 5.26 Å². The van der Waals surface area contributed by atoms with E-state index in [0.29, 0.717) is 21.5 Å². The Morgan fingerprint density at radius 3 is 2.70 bits per heavy atom. The molecule has 3 aromatic rings. The van der Waals surface area contributed by atoms with Crippen LogP contribution in [-0.2, 0) is 5.75 Å². The standard InChI is InChI=1S/C21H15BrClN5OS/c22-13-6-3-5-11(8-13)16-14(9-24)19(26)29-20-17(16)18(25)27-21(28-20)30-10-12-4-1-2-7-15(12)23/h1-8,16H,10,26H2,(H2,25,27,28)/t16-/m0/s1. The number of ether oxygens (including phenoxy) is 1. The molecular formula is C21H15BrClN5OS. The van der Waals surface area contributed by atoms with Crippen LogP contribution in [0, 0.1) is 11.3 Å². The van der Waals surface area contributed by atoms with Gasteiger partial charge in [0.25, 0.3) is 0 Å². The van der Waals surface area contributed by atoms with E-state index in [4.69, 9.17) is 27.8 Å². The van der Waals surface area contributed by atoms with Crippen molar-refractivity contribution in [3.05, 3.63) is 86.2 Å². The zero-order valence-corrected chi connectivity index (χ0v) is 18.6. The molecule has 0 amide bonds. The Labute approximate surface area is 191 Å². The van der Waals surface area contributed by atoms with Crippen molar-refractivity contribution in [2.75, 3.05) is 5.73 Å². The van der Waals surface area contributed by atoms with Crippen LogP contribution in [0.5, 0.6) is 5.88 Å². The lowest BCUT2D eigenvalue weighted by Crippen LogP contribution is -2.23. The number of allylic oxidation sites excluding steroid dienone is 1. The first kappa shape index (κ1) is 20.5. The molecule has 2 heterocycles. The highest BCUT2D eigenvalue weighted by Crippen LogP contribution is 2.44. The summed E-state index contributed by atoms with van der Waals surface area (Å²) in [6.07, 6.45) is 0. The van der Waals surface area contributed by atoms with E-state index in [1.807, 2.05) is 48.5 Å². The number of thioether (sulfide) groups is 1. The molecule has 4 rings (SSSR count). The molecule has 1 aliphatic rings. The van der Waals surface area contributed by atoms with Gasteiger partial charge in [-0.25, -0.2) is 4.98 Å². The molecule has 1 aliphatic heterocycles. The number of fused-ring (bicyclic) bond motifs is 1. The van der Waals surface area contributed by atoms with Gasteiger partial charge >= 0.3 is 0 Å². The Kier molecular flexibility index (Phi) is 5.86. The van der Waals surface area contributed by atoms with Crippen LogP contribution in [0.3, 0.4) is 0 Å². The maximum absolute atomic E-state index is 9.69. The number of hydrogen-bond donors (Lipinski definition) is 2. The Balaban J connectivity index is 1.73. The van der Waals surface area contributed by atoms with Crippen LogP contribution >= 0.6 is 39.3 Å². The number of benzene rings is 2. The van der Waals surface area contributed by atoms with Crippen LogP contribution in [0.15, 0.2) is 69.6 Å². The fraction of sp³-hybridized carbons (Fsp3) is 0.0952. The topological polar surface area (TPSA) is 111 Å². The summed E-state index contributed by atoms with van der Waals surface area (Å²) >= 11 is 11.1. The maximum atomic E-state index is 9.69. The molecule has 6 nitrogen and oxygen atoms in total. The highest BCUT2D eigenvalue weighted by Gasteiger charge is 2.34. The van der Waals surface area contributed by atoms with Gasteiger partial charge in [-0.05, 0) is 29.3 Å². The van der Waals surface area contributed by atoms with Gasteiger partial charge in [0.05, 0.1) is 11.5 Å². The lowest BCUT2D eigenvalue weighted by atomic mass is 9.85. The Morgan fingerprint density at radius 2 is 1.97 bits per heavy atom. The second-order valence-corrected chi connectivity index (χ2v) is 8.74. The molecule has 2 aromatic carbocycles. The predicted octanol–water partition coefficient (Wildman–Crippen LogP) is 4.99. The quantitative estimate of drug-likeness (QED) is 0.383. The maximum Gasteiger partial charge on any atom is 0.231 e. The van der Waals surface area contributed by atoms with Crippen LogP contribution in [0.4, 0.5) is 5.82 Å². The number of hydrogen-bond acceptors (Lipinski definition) is 7. The number of nitrogen functional groups attached to an aromatic ring is 1. The lowest BCUT2D eigenvalue weighted by Gasteiger charge is -2.26. The van der Waals surface area contributed by atoms with Gasteiger partial charge in [0.1, 0.15) is 17.5 Å². The molecule has 150 valence electrons. The molecule has 0 unspecified atom stereocenters. The summed E-state index contributed by atoms with van der Waals surface area (Å²) in [5, 5.41) is 10.8. The first-order valence-electron chi connectivity index (χ1n) is 8.84. The van der Waals surface area contributed by atoms with Crippen LogP contribution in [0.1, 0.15) is 22.6 Å². The average Bonchev–Trinajstić information content (AvgIpc) is 2.72. The van der Waals surface area contributed by atoms with Gasteiger partial charge in [0, 0.05) is 15.2 Å². The minimum Gasteiger partial charge on any atom is -0.422 e. The second-order valence-electron chi connectivity index (χ2n) is 6.47. The van der Waals surface area contributed by atoms with Crippen molar-refractivity contribution < 1.29 is 4.74 Å². The molecule has 0 spiro atoms. The molecule has 0 saturated heterocycles. The first-order valence-corrected chi connectivity index (χ1v) is 11.0. The molecular weight excluding hydrogens is 486 g/mol. The smallest absolute Gasteiger partial charge is 0.231 e. The summed E-state index contributed by atoms with van der Waals surface area (Å²) < 4.78 is 6.54. The zero-order chi connectivity index (χ0) is 21.3. The summed E-state index contributed by atoms with van der Waals surface area (Å²) in [5.41, 5.74) is 15.0. The van der Waals surface area contributed by atoms with Crippen LogP contribution in [0.2, 0.25) is 5.02 Å². The first-order chi connectivity index (χ1) is 14.5. The molecule has 30 heavy (non-hydrogen) atoms. The molecule has 1 aromatic heterocycles. The SMILES string of the molecule is N#CC1=C(N)Oc2nc(SCc3ccccc3Cl)nc(N)c2[C@H]1c1cccc(Br)c1. The summed E-state index contributed by atoms with van der Waals surface area (Å²) in [6.45, 7) is 0. The van der Waals surface area contributed by atoms with Crippen molar-refractivity contribution >= 4 is 45.1 Å². The summed E-state index contributed by atoms with van der Waals surface area (Å²) in [7, 11) is 0. The fourth-order valence-corrected chi connectivity index (χ4v) is 4.75. The summed E-state index contributed by atoms with van der Waals surface area (Å²) in [5.74, 6) is 0.563. The van der Waals surface area contributed by atoms with E-state index in [0.717, 1.165) is 15.6 Å². The number of nitrogens with two attached hydrogens (primary N) is 2. The van der Waals surface area contributed by atoms with Gasteiger partial charge in [0.2, 0.25) is 11.8 Å². The van der Waals surface area contributed by atoms with Gasteiger partial charge in [0.15, 0.2) is 5.16 Å². The van der Waals surface area contributed by atoms with Crippen molar-refractivity contribution in [1.82, 2.24) is 9.97 Å². The molecule has 0 bridgehead atoms. The highest BCUT2D eigenvalue weighted by atomic mass is 79.9. The molecule has 4 N–H and O–H groups in total. The molecule has 0 radical (unpaired) electrons. The Hall–Kier alpha value is -2.73. The van der Waals surface area contributed by atoms with E-state index < -0.39 is 5.92 Å². The van der Waals surface area contributed by atoms with Crippen LogP contribution < -0.4 is 16.2 Å². The van der Waals surface area contributed by atoms with Gasteiger partial charge in [-0.2, -0.15) is 10.2 Å². The molecule has 9 heteroatoms. The Bertz CT molecular complexity index is 1210. The third-order valence-electron chi connectivity index (χ3n) is 4.59. The number of anilines is 1. The van der Waals surface area contributed by atoms with Crippen LogP contribution in [0.25, 0.3) is 0 Å². The van der Waals surface area contributed by atoms with Crippen molar-refractivity contribution in [2.45, 2.75) is 16.8 Å². The normalized spacial score (nSPS) is 15.3. The third kappa shape index (κ3) is 3.97. The number of halogens is 2. The third-order valence-corrected chi connectivity index (χ3v) is 6.34. The number of nitrogens with zero attached hydrogens (tertiary/aromatic N) is 3. The van der Waals surface area contributed by atoms with E-state index in [-0.39, 0.29) is 23.2 Å². The molecule has 0 fully saturated rings. The molecule has 0 aliphatic carbocycles. The van der Waals surface area contributed by atoms with E-state index in [9.17, 15) is 5.26 Å². The van der Waals surface area contributed by atoms with Crippen molar-refractivity contribution in [2.24, 2.45) is 5.73 Å². The monoisotopic (exact) mass is 499 g/mol. The highest BCUT2D eigenvalue weighted by molar-refractivity contribution is 9.10. The molecule has 0 saturated carbocycles. The van der Waals surface area contributed by atoms with Gasteiger partial charge in [-0.1, -0.05) is 69.6 Å². The van der Waals surface area contributed by atoms with Crippen molar-refractivity contribution in [3.63, 3.8) is 0 Å². The summed E-state index contributed by atoms with van der Waals surface area (Å²) in [6, 6.07) is 17.3. The van der Waals surface area contributed by atoms with E-state index in [2.05, 4.69) is 32.0 Å². The van der Waals surface area contributed by atoms with E-state index in [1.54, 1.807) is 0 Å². The second kappa shape index (κ2) is 8.56. The minimum absolute atomic E-state index is 0.00938. The molecule has 1 atom stereocenters. The Morgan fingerprint density at radius 1 is 1.17 bits per heavy atom. The minimum atomic E-state index is -0.515. The van der Waals surface area contributed by atoms with Crippen molar-refractivity contribution in [3.8, 4) is 11.9 Å². The van der Waals surface area contributed by atoms with E-state index >= 15 is 0 Å². The zero-order valence-electron chi connectivity index (χ0n) is 15.5. The lowest BCUT2D eigenvalue weighted by molar-refractivity contribution is 0.373. The number of aromatic nitrogens is 2. The van der Waals surface area contributed by atoms with Gasteiger partial charge < -0.3 is 16.2 Å². The largest absolute Gasteiger partial charge is 0.422 e. The van der Waals surface area contributed by atoms with Crippen LogP contribution in [-0.4, -0.2) is 9.97 Å². The van der Waals surface area contributed by atoms with E-state index in [1.165, 1.54) is 11.8 Å². The number of nitriles is 1.